The molecule has 1 aromatic heterocycles. The molecule has 2 aliphatic rings. The zero-order chi connectivity index (χ0) is 17.4. The van der Waals surface area contributed by atoms with E-state index in [2.05, 4.69) is 10.3 Å². The highest BCUT2D eigenvalue weighted by Crippen LogP contribution is 2.58. The fourth-order valence-corrected chi connectivity index (χ4v) is 3.12. The third-order valence-corrected chi connectivity index (χ3v) is 4.87. The van der Waals surface area contributed by atoms with Crippen LogP contribution in [0.25, 0.3) is 0 Å². The number of carbonyl (C=O) groups excluding carboxylic acids is 1. The second-order valence-corrected chi connectivity index (χ2v) is 6.68. The standard InChI is InChI=1S/C19H21N3O3/c1-2-13(20)18(23)22-16-7-6-12(10-21-16)25-15-5-3-4-14-17(15)19(8-9-19)11-24-14/h3-7,10,13H,2,8-9,11,20H2,1H3,(H,21,22,23)/t13-/m1/s1. The number of carbonyl (C=O) groups is 1. The molecule has 0 saturated heterocycles. The number of hydrogen-bond acceptors (Lipinski definition) is 5. The van der Waals surface area contributed by atoms with Crippen LogP contribution in [0.15, 0.2) is 36.5 Å². The quantitative estimate of drug-likeness (QED) is 0.874. The summed E-state index contributed by atoms with van der Waals surface area (Å²) in [5, 5.41) is 2.70. The van der Waals surface area contributed by atoms with Crippen molar-refractivity contribution in [3.05, 3.63) is 42.1 Å². The van der Waals surface area contributed by atoms with Gasteiger partial charge in [0.25, 0.3) is 0 Å². The lowest BCUT2D eigenvalue weighted by Gasteiger charge is -2.13. The lowest BCUT2D eigenvalue weighted by molar-refractivity contribution is -0.117. The first-order valence-electron chi connectivity index (χ1n) is 8.58. The van der Waals surface area contributed by atoms with Gasteiger partial charge in [0.2, 0.25) is 5.91 Å². The average molecular weight is 339 g/mol. The maximum Gasteiger partial charge on any atom is 0.242 e. The van der Waals surface area contributed by atoms with E-state index in [9.17, 15) is 4.79 Å². The largest absolute Gasteiger partial charge is 0.492 e. The number of nitrogens with two attached hydrogens (primary N) is 1. The van der Waals surface area contributed by atoms with E-state index >= 15 is 0 Å². The zero-order valence-corrected chi connectivity index (χ0v) is 14.1. The minimum absolute atomic E-state index is 0.142. The van der Waals surface area contributed by atoms with Crippen molar-refractivity contribution in [1.29, 1.82) is 0 Å². The van der Waals surface area contributed by atoms with E-state index in [1.54, 1.807) is 18.3 Å². The van der Waals surface area contributed by atoms with Crippen LogP contribution in [0.5, 0.6) is 17.2 Å². The van der Waals surface area contributed by atoms with Gasteiger partial charge in [-0.05, 0) is 43.5 Å². The van der Waals surface area contributed by atoms with E-state index in [1.165, 1.54) is 5.56 Å². The molecule has 1 aliphatic carbocycles. The van der Waals surface area contributed by atoms with Gasteiger partial charge in [-0.15, -0.1) is 0 Å². The van der Waals surface area contributed by atoms with Crippen molar-refractivity contribution in [3.63, 3.8) is 0 Å². The summed E-state index contributed by atoms with van der Waals surface area (Å²) in [6.07, 6.45) is 4.46. The highest BCUT2D eigenvalue weighted by molar-refractivity contribution is 5.93. The van der Waals surface area contributed by atoms with Crippen molar-refractivity contribution < 1.29 is 14.3 Å². The number of aromatic nitrogens is 1. The molecule has 1 spiro atoms. The van der Waals surface area contributed by atoms with Crippen LogP contribution < -0.4 is 20.5 Å². The van der Waals surface area contributed by atoms with Crippen LogP contribution in [0.3, 0.4) is 0 Å². The maximum atomic E-state index is 11.8. The van der Waals surface area contributed by atoms with E-state index < -0.39 is 6.04 Å². The van der Waals surface area contributed by atoms with E-state index in [1.807, 2.05) is 25.1 Å². The number of nitrogens with zero attached hydrogens (tertiary/aromatic N) is 1. The first-order chi connectivity index (χ1) is 12.1. The number of anilines is 1. The lowest BCUT2D eigenvalue weighted by Crippen LogP contribution is -2.35. The Kier molecular flexibility index (Phi) is 3.84. The van der Waals surface area contributed by atoms with Gasteiger partial charge >= 0.3 is 0 Å². The molecule has 6 heteroatoms. The van der Waals surface area contributed by atoms with Crippen molar-refractivity contribution in [2.24, 2.45) is 5.73 Å². The fraction of sp³-hybridized carbons (Fsp3) is 0.368. The highest BCUT2D eigenvalue weighted by Gasteiger charge is 2.52. The Hall–Kier alpha value is -2.60. The van der Waals surface area contributed by atoms with Crippen molar-refractivity contribution in [1.82, 2.24) is 4.98 Å². The summed E-state index contributed by atoms with van der Waals surface area (Å²) < 4.78 is 11.8. The molecule has 130 valence electrons. The molecule has 1 aliphatic heterocycles. The van der Waals surface area contributed by atoms with Crippen LogP contribution in [0.4, 0.5) is 5.82 Å². The molecule has 1 saturated carbocycles. The molecule has 6 nitrogen and oxygen atoms in total. The monoisotopic (exact) mass is 339 g/mol. The summed E-state index contributed by atoms with van der Waals surface area (Å²) in [7, 11) is 0. The summed E-state index contributed by atoms with van der Waals surface area (Å²) in [6, 6.07) is 8.85. The maximum absolute atomic E-state index is 11.8. The SMILES string of the molecule is CC[C@@H](N)C(=O)Nc1ccc(Oc2cccc3c2C2(CC2)CO3)cn1. The van der Waals surface area contributed by atoms with E-state index in [-0.39, 0.29) is 11.3 Å². The second-order valence-electron chi connectivity index (χ2n) is 6.68. The summed E-state index contributed by atoms with van der Waals surface area (Å²) in [5.74, 6) is 2.58. The number of rotatable bonds is 5. The van der Waals surface area contributed by atoms with Crippen LogP contribution >= 0.6 is 0 Å². The smallest absolute Gasteiger partial charge is 0.242 e. The molecule has 0 radical (unpaired) electrons. The van der Waals surface area contributed by atoms with Crippen LogP contribution in [0, 0.1) is 0 Å². The molecule has 3 N–H and O–H groups in total. The molecule has 1 atom stereocenters. The minimum Gasteiger partial charge on any atom is -0.492 e. The molecule has 4 rings (SSSR count). The van der Waals surface area contributed by atoms with Crippen LogP contribution in [0.1, 0.15) is 31.7 Å². The number of fused-ring (bicyclic) bond motifs is 2. The Balaban J connectivity index is 1.50. The molecule has 0 unspecified atom stereocenters. The molecule has 1 fully saturated rings. The van der Waals surface area contributed by atoms with Crippen molar-refractivity contribution in [3.8, 4) is 17.2 Å². The van der Waals surface area contributed by atoms with Gasteiger partial charge < -0.3 is 20.5 Å². The normalized spacial score (nSPS) is 17.5. The number of benzene rings is 1. The molecule has 25 heavy (non-hydrogen) atoms. The molecular formula is C19H21N3O3. The van der Waals surface area contributed by atoms with Crippen molar-refractivity contribution >= 4 is 11.7 Å². The summed E-state index contributed by atoms with van der Waals surface area (Å²) >= 11 is 0. The van der Waals surface area contributed by atoms with Gasteiger partial charge in [0.15, 0.2) is 0 Å². The Morgan fingerprint density at radius 1 is 1.40 bits per heavy atom. The molecule has 1 amide bonds. The Bertz CT molecular complexity index is 800. The van der Waals surface area contributed by atoms with Gasteiger partial charge in [0.1, 0.15) is 23.1 Å². The van der Waals surface area contributed by atoms with Crippen LogP contribution in [-0.4, -0.2) is 23.5 Å². The van der Waals surface area contributed by atoms with Gasteiger partial charge in [-0.3, -0.25) is 4.79 Å². The minimum atomic E-state index is -0.528. The predicted molar refractivity (Wildman–Crippen MR) is 94.1 cm³/mol. The molecule has 2 heterocycles. The van der Waals surface area contributed by atoms with Gasteiger partial charge in [-0.2, -0.15) is 0 Å². The number of hydrogen-bond donors (Lipinski definition) is 2. The molecule has 1 aromatic carbocycles. The molecular weight excluding hydrogens is 318 g/mol. The number of nitrogens with one attached hydrogen (secondary N) is 1. The first-order valence-corrected chi connectivity index (χ1v) is 8.58. The summed E-state index contributed by atoms with van der Waals surface area (Å²) in [4.78, 5) is 16.0. The first kappa shape index (κ1) is 15.9. The van der Waals surface area contributed by atoms with Crippen molar-refractivity contribution in [2.75, 3.05) is 11.9 Å². The third kappa shape index (κ3) is 2.93. The molecule has 0 bridgehead atoms. The van der Waals surface area contributed by atoms with Gasteiger partial charge in [0, 0.05) is 11.0 Å². The molecule has 2 aromatic rings. The number of amides is 1. The topological polar surface area (TPSA) is 86.5 Å². The van der Waals surface area contributed by atoms with E-state index in [0.717, 1.165) is 30.9 Å². The third-order valence-electron chi connectivity index (χ3n) is 4.87. The van der Waals surface area contributed by atoms with E-state index in [0.29, 0.717) is 18.0 Å². The zero-order valence-electron chi connectivity index (χ0n) is 14.1. The lowest BCUT2D eigenvalue weighted by atomic mass is 9.97. The number of ether oxygens (including phenoxy) is 2. The van der Waals surface area contributed by atoms with Crippen molar-refractivity contribution in [2.45, 2.75) is 37.6 Å². The Labute approximate surface area is 146 Å². The van der Waals surface area contributed by atoms with E-state index in [4.69, 9.17) is 15.2 Å². The van der Waals surface area contributed by atoms with Crippen LogP contribution in [0.2, 0.25) is 0 Å². The van der Waals surface area contributed by atoms with Gasteiger partial charge in [-0.1, -0.05) is 13.0 Å². The predicted octanol–water partition coefficient (Wildman–Crippen LogP) is 2.97. The Morgan fingerprint density at radius 2 is 2.24 bits per heavy atom. The Morgan fingerprint density at radius 3 is 2.92 bits per heavy atom. The fourth-order valence-electron chi connectivity index (χ4n) is 3.12. The van der Waals surface area contributed by atoms with Crippen LogP contribution in [-0.2, 0) is 10.2 Å². The van der Waals surface area contributed by atoms with Gasteiger partial charge in [0.05, 0.1) is 18.8 Å². The van der Waals surface area contributed by atoms with Gasteiger partial charge in [-0.25, -0.2) is 4.98 Å². The second kappa shape index (κ2) is 6.04. The average Bonchev–Trinajstić information content (AvgIpc) is 3.31. The summed E-state index contributed by atoms with van der Waals surface area (Å²) in [5.41, 5.74) is 7.01. The summed E-state index contributed by atoms with van der Waals surface area (Å²) in [6.45, 7) is 2.60. The highest BCUT2D eigenvalue weighted by atomic mass is 16.5. The number of pyridine rings is 1.